The van der Waals surface area contributed by atoms with E-state index in [-0.39, 0.29) is 16.8 Å². The predicted molar refractivity (Wildman–Crippen MR) is 207 cm³/mol. The average Bonchev–Trinajstić information content (AvgIpc) is 3.46. The molecule has 0 radical (unpaired) electrons. The second-order valence-corrected chi connectivity index (χ2v) is 14.2. The molecular formula is C45H51N2O2+. The van der Waals surface area contributed by atoms with E-state index in [0.717, 1.165) is 32.4 Å². The molecule has 2 heterocycles. The van der Waals surface area contributed by atoms with Crippen LogP contribution < -0.4 is 4.90 Å². The summed E-state index contributed by atoms with van der Waals surface area (Å²) in [6, 6.07) is 26.5. The van der Waals surface area contributed by atoms with Crippen LogP contribution in [0.5, 0.6) is 0 Å². The molecule has 6 rings (SSSR count). The van der Waals surface area contributed by atoms with Crippen LogP contribution >= 0.6 is 0 Å². The Balaban J connectivity index is 1.21. The number of carbonyl (C=O) groups excluding carboxylic acids is 1. The topological polar surface area (TPSA) is 32.6 Å². The number of hydrogen-bond acceptors (Lipinski definition) is 3. The summed E-state index contributed by atoms with van der Waals surface area (Å²) < 4.78 is 7.63. The van der Waals surface area contributed by atoms with Crippen molar-refractivity contribution in [1.82, 2.24) is 0 Å². The van der Waals surface area contributed by atoms with E-state index in [0.29, 0.717) is 13.0 Å². The van der Waals surface area contributed by atoms with Gasteiger partial charge in [-0.05, 0) is 85.9 Å². The smallest absolute Gasteiger partial charge is 0.305 e. The Hall–Kier alpha value is -4.70. The molecule has 2 aliphatic heterocycles. The van der Waals surface area contributed by atoms with Gasteiger partial charge in [-0.2, -0.15) is 4.58 Å². The Morgan fingerprint density at radius 2 is 1.39 bits per heavy atom. The van der Waals surface area contributed by atoms with Crippen molar-refractivity contribution in [2.75, 3.05) is 24.6 Å². The van der Waals surface area contributed by atoms with Gasteiger partial charge >= 0.3 is 5.97 Å². The van der Waals surface area contributed by atoms with E-state index in [1.165, 1.54) is 55.5 Å². The Labute approximate surface area is 292 Å². The van der Waals surface area contributed by atoms with E-state index < -0.39 is 0 Å². The molecule has 0 aliphatic carbocycles. The first-order valence-corrected chi connectivity index (χ1v) is 18.0. The van der Waals surface area contributed by atoms with Crippen LogP contribution in [0.25, 0.3) is 21.5 Å². The van der Waals surface area contributed by atoms with Crippen LogP contribution in [0.3, 0.4) is 0 Å². The van der Waals surface area contributed by atoms with Crippen molar-refractivity contribution in [2.45, 2.75) is 78.1 Å². The molecule has 0 saturated heterocycles. The Morgan fingerprint density at radius 1 is 0.735 bits per heavy atom. The van der Waals surface area contributed by atoms with Crippen LogP contribution in [0.2, 0.25) is 0 Å². The first kappa shape index (κ1) is 34.2. The third kappa shape index (κ3) is 6.54. The minimum Gasteiger partial charge on any atom is -0.466 e. The normalized spacial score (nSPS) is 17.4. The number of anilines is 1. The quantitative estimate of drug-likeness (QED) is 0.0661. The number of unbranched alkanes of at least 4 members (excludes halogenated alkanes) is 2. The first-order valence-electron chi connectivity index (χ1n) is 18.0. The highest BCUT2D eigenvalue weighted by atomic mass is 16.5. The van der Waals surface area contributed by atoms with Crippen molar-refractivity contribution in [3.63, 3.8) is 0 Å². The zero-order valence-corrected chi connectivity index (χ0v) is 30.1. The van der Waals surface area contributed by atoms with E-state index in [1.807, 2.05) is 6.92 Å². The molecule has 252 valence electrons. The van der Waals surface area contributed by atoms with Crippen LogP contribution in [0.4, 0.5) is 11.4 Å². The van der Waals surface area contributed by atoms with Crippen LogP contribution in [0, 0.1) is 0 Å². The van der Waals surface area contributed by atoms with Crippen molar-refractivity contribution >= 4 is 44.6 Å². The lowest BCUT2D eigenvalue weighted by molar-refractivity contribution is -0.438. The van der Waals surface area contributed by atoms with Gasteiger partial charge in [-0.1, -0.05) is 98.8 Å². The predicted octanol–water partition coefficient (Wildman–Crippen LogP) is 10.9. The lowest BCUT2D eigenvalue weighted by Crippen LogP contribution is -2.28. The van der Waals surface area contributed by atoms with Gasteiger partial charge in [0.1, 0.15) is 6.54 Å². The van der Waals surface area contributed by atoms with E-state index in [2.05, 4.69) is 159 Å². The SMILES string of the molecule is CCOC(=O)CCCCC[N+]1=C(/C=C/C=C/C=C/C=C2\N(CC)c3ccc4ccccc4c3C2(C)C)C(C)(C)c2c1ccc1ccccc21. The van der Waals surface area contributed by atoms with E-state index in [9.17, 15) is 4.79 Å². The standard InChI is InChI=1S/C45H51N2O2/c1-7-46-37-30-28-33-21-16-18-23-35(33)42(37)44(3,4)39(46)25-13-10-9-11-14-26-40-45(5,6)43-36-24-19-17-22-34(36)29-31-38(43)47(40)32-20-12-15-27-41(48)49-8-2/h9-11,13-14,16-19,21-26,28-31H,7-8,12,15,20,27,32H2,1-6H3/q+1. The zero-order chi connectivity index (χ0) is 34.6. The van der Waals surface area contributed by atoms with Crippen LogP contribution in [0.15, 0.2) is 121 Å². The molecule has 0 spiro atoms. The van der Waals surface area contributed by atoms with Gasteiger partial charge in [-0.15, -0.1) is 0 Å². The molecular weight excluding hydrogens is 601 g/mol. The molecule has 0 N–H and O–H groups in total. The number of benzene rings is 4. The van der Waals surface area contributed by atoms with E-state index in [1.54, 1.807) is 0 Å². The number of nitrogens with zero attached hydrogens (tertiary/aromatic N) is 2. The number of allylic oxidation sites excluding steroid dienone is 8. The largest absolute Gasteiger partial charge is 0.466 e. The number of carbonyl (C=O) groups is 1. The summed E-state index contributed by atoms with van der Waals surface area (Å²) in [5, 5.41) is 5.23. The molecule has 4 aromatic rings. The van der Waals surface area contributed by atoms with Gasteiger partial charge in [0.25, 0.3) is 0 Å². The molecule has 4 nitrogen and oxygen atoms in total. The first-order chi connectivity index (χ1) is 23.7. The molecule has 49 heavy (non-hydrogen) atoms. The summed E-state index contributed by atoms with van der Waals surface area (Å²) in [6.07, 6.45) is 18.7. The molecule has 2 aliphatic rings. The monoisotopic (exact) mass is 651 g/mol. The van der Waals surface area contributed by atoms with Gasteiger partial charge in [-0.3, -0.25) is 4.79 Å². The van der Waals surface area contributed by atoms with E-state index >= 15 is 0 Å². The van der Waals surface area contributed by atoms with Gasteiger partial charge in [0, 0.05) is 53.9 Å². The fourth-order valence-corrected chi connectivity index (χ4v) is 8.09. The van der Waals surface area contributed by atoms with Crippen molar-refractivity contribution in [3.05, 3.63) is 132 Å². The van der Waals surface area contributed by atoms with Crippen molar-refractivity contribution in [3.8, 4) is 0 Å². The fourth-order valence-electron chi connectivity index (χ4n) is 8.09. The van der Waals surface area contributed by atoms with Crippen LogP contribution in [-0.2, 0) is 20.4 Å². The number of esters is 1. The van der Waals surface area contributed by atoms with Crippen LogP contribution in [-0.4, -0.2) is 36.0 Å². The minimum absolute atomic E-state index is 0.0910. The maximum Gasteiger partial charge on any atom is 0.305 e. The number of rotatable bonds is 12. The Bertz CT molecular complexity index is 2020. The van der Waals surface area contributed by atoms with Gasteiger partial charge < -0.3 is 9.64 Å². The van der Waals surface area contributed by atoms with Crippen molar-refractivity contribution in [2.24, 2.45) is 0 Å². The second-order valence-electron chi connectivity index (χ2n) is 14.2. The lowest BCUT2D eigenvalue weighted by atomic mass is 9.79. The minimum atomic E-state index is -0.150. The fraction of sp³-hybridized carbons (Fsp3) is 0.333. The number of fused-ring (bicyclic) bond motifs is 6. The van der Waals surface area contributed by atoms with Gasteiger partial charge in [-0.25, -0.2) is 0 Å². The Morgan fingerprint density at radius 3 is 2.10 bits per heavy atom. The maximum absolute atomic E-state index is 11.9. The number of likely N-dealkylation sites (N-methyl/N-ethyl adjacent to an activating group) is 1. The highest BCUT2D eigenvalue weighted by molar-refractivity contribution is 6.07. The average molecular weight is 652 g/mol. The second kappa shape index (κ2) is 14.4. The van der Waals surface area contributed by atoms with Gasteiger partial charge in [0.2, 0.25) is 5.69 Å². The number of hydrogen-bond donors (Lipinski definition) is 0. The van der Waals surface area contributed by atoms with Crippen molar-refractivity contribution in [1.29, 1.82) is 0 Å². The Kier molecular flexibility index (Phi) is 10.1. The summed E-state index contributed by atoms with van der Waals surface area (Å²) >= 11 is 0. The summed E-state index contributed by atoms with van der Waals surface area (Å²) in [5.41, 5.74) is 7.80. The molecule has 0 aromatic heterocycles. The third-order valence-corrected chi connectivity index (χ3v) is 10.3. The lowest BCUT2D eigenvalue weighted by Gasteiger charge is -2.26. The molecule has 4 aromatic carbocycles. The van der Waals surface area contributed by atoms with Crippen LogP contribution in [0.1, 0.15) is 78.4 Å². The molecule has 0 amide bonds. The summed E-state index contributed by atoms with van der Waals surface area (Å²) in [7, 11) is 0. The maximum atomic E-state index is 11.9. The highest BCUT2D eigenvalue weighted by Crippen LogP contribution is 2.50. The third-order valence-electron chi connectivity index (χ3n) is 10.3. The highest BCUT2D eigenvalue weighted by Gasteiger charge is 2.45. The zero-order valence-electron chi connectivity index (χ0n) is 30.1. The molecule has 0 saturated carbocycles. The van der Waals surface area contributed by atoms with Gasteiger partial charge in [0.15, 0.2) is 5.71 Å². The molecule has 0 bridgehead atoms. The molecule has 0 fully saturated rings. The number of ether oxygens (including phenoxy) is 1. The van der Waals surface area contributed by atoms with E-state index in [4.69, 9.17) is 4.74 Å². The summed E-state index contributed by atoms with van der Waals surface area (Å²) in [5.74, 6) is -0.0952. The van der Waals surface area contributed by atoms with Gasteiger partial charge in [0.05, 0.1) is 12.0 Å². The van der Waals surface area contributed by atoms with Crippen molar-refractivity contribution < 1.29 is 14.1 Å². The summed E-state index contributed by atoms with van der Waals surface area (Å²) in [6.45, 7) is 15.8. The summed E-state index contributed by atoms with van der Waals surface area (Å²) in [4.78, 5) is 14.3. The molecule has 4 heteroatoms. The molecule has 0 unspecified atom stereocenters. The molecule has 0 atom stereocenters.